The van der Waals surface area contributed by atoms with E-state index in [4.69, 9.17) is 13.7 Å². The molecule has 0 aliphatic heterocycles. The standard InChI is InChI=1S/C23H29NO6S2/c1-14(2)29-22-24-19-12-16(30-23(4,5)6)11-18(21(19)31-22)20(25)13-28-32(26,27)17-9-7-15(3)8-10-17/h7-12,14,20,25H,13H2,1-6H3/t20-/m0/s1. The first-order valence-corrected chi connectivity index (χ1v) is 12.5. The molecule has 0 aliphatic carbocycles. The van der Waals surface area contributed by atoms with Crippen LogP contribution in [0.4, 0.5) is 0 Å². The van der Waals surface area contributed by atoms with Gasteiger partial charge >= 0.3 is 0 Å². The van der Waals surface area contributed by atoms with Crippen LogP contribution in [0.3, 0.4) is 0 Å². The molecule has 3 rings (SSSR count). The molecule has 9 heteroatoms. The van der Waals surface area contributed by atoms with Crippen molar-refractivity contribution >= 4 is 31.7 Å². The van der Waals surface area contributed by atoms with Gasteiger partial charge in [-0.1, -0.05) is 29.0 Å². The smallest absolute Gasteiger partial charge is 0.297 e. The number of nitrogens with zero attached hydrogens (tertiary/aromatic N) is 1. The van der Waals surface area contributed by atoms with Crippen LogP contribution in [-0.2, 0) is 14.3 Å². The summed E-state index contributed by atoms with van der Waals surface area (Å²) < 4.78 is 42.6. The van der Waals surface area contributed by atoms with Crippen molar-refractivity contribution in [2.45, 2.75) is 64.2 Å². The Bertz CT molecular complexity index is 1180. The molecule has 174 valence electrons. The highest BCUT2D eigenvalue weighted by Gasteiger charge is 2.23. The molecule has 0 unspecified atom stereocenters. The average molecular weight is 480 g/mol. The Balaban J connectivity index is 1.91. The molecule has 1 heterocycles. The van der Waals surface area contributed by atoms with Crippen LogP contribution in [0, 0.1) is 6.92 Å². The van der Waals surface area contributed by atoms with Crippen molar-refractivity contribution in [1.29, 1.82) is 0 Å². The molecule has 0 radical (unpaired) electrons. The lowest BCUT2D eigenvalue weighted by atomic mass is 10.1. The summed E-state index contributed by atoms with van der Waals surface area (Å²) in [6, 6.07) is 9.81. The molecule has 2 aromatic carbocycles. The normalized spacial score (nSPS) is 13.5. The molecule has 32 heavy (non-hydrogen) atoms. The molecular weight excluding hydrogens is 450 g/mol. The third kappa shape index (κ3) is 6.19. The zero-order valence-electron chi connectivity index (χ0n) is 19.1. The second-order valence-electron chi connectivity index (χ2n) is 8.79. The molecule has 0 saturated carbocycles. The van der Waals surface area contributed by atoms with E-state index in [2.05, 4.69) is 4.98 Å². The predicted molar refractivity (Wildman–Crippen MR) is 125 cm³/mol. The quantitative estimate of drug-likeness (QED) is 0.454. The van der Waals surface area contributed by atoms with E-state index in [1.165, 1.54) is 23.5 Å². The van der Waals surface area contributed by atoms with Gasteiger partial charge < -0.3 is 14.6 Å². The van der Waals surface area contributed by atoms with E-state index in [0.29, 0.717) is 26.7 Å². The third-order valence-electron chi connectivity index (χ3n) is 4.28. The maximum Gasteiger partial charge on any atom is 0.297 e. The number of fused-ring (bicyclic) bond motifs is 1. The molecule has 0 bridgehead atoms. The van der Waals surface area contributed by atoms with E-state index < -0.39 is 28.4 Å². The van der Waals surface area contributed by atoms with Gasteiger partial charge in [0, 0.05) is 11.6 Å². The molecule has 3 aromatic rings. The Labute approximate surface area is 193 Å². The van der Waals surface area contributed by atoms with Gasteiger partial charge in [0.15, 0.2) is 0 Å². The van der Waals surface area contributed by atoms with E-state index in [1.54, 1.807) is 24.3 Å². The largest absolute Gasteiger partial charge is 0.488 e. The van der Waals surface area contributed by atoms with Crippen molar-refractivity contribution in [3.8, 4) is 10.9 Å². The third-order valence-corrected chi connectivity index (χ3v) is 6.59. The van der Waals surface area contributed by atoms with Gasteiger partial charge in [-0.3, -0.25) is 4.18 Å². The molecule has 7 nitrogen and oxygen atoms in total. The van der Waals surface area contributed by atoms with Crippen LogP contribution in [0.25, 0.3) is 10.2 Å². The highest BCUT2D eigenvalue weighted by Crippen LogP contribution is 2.38. The van der Waals surface area contributed by atoms with Crippen molar-refractivity contribution in [2.24, 2.45) is 0 Å². The molecule has 1 aromatic heterocycles. The van der Waals surface area contributed by atoms with Gasteiger partial charge in [0.2, 0.25) is 0 Å². The summed E-state index contributed by atoms with van der Waals surface area (Å²) in [5, 5.41) is 11.3. The Morgan fingerprint density at radius 2 is 1.78 bits per heavy atom. The Hall–Kier alpha value is -2.20. The topological polar surface area (TPSA) is 95.0 Å². The SMILES string of the molecule is Cc1ccc(S(=O)(=O)OC[C@H](O)c2cc(OC(C)(C)C)cc3nc(OC(C)C)sc23)cc1. The minimum Gasteiger partial charge on any atom is -0.488 e. The molecule has 0 saturated heterocycles. The van der Waals surface area contributed by atoms with E-state index in [1.807, 2.05) is 41.5 Å². The fraction of sp³-hybridized carbons (Fsp3) is 0.435. The number of ether oxygens (including phenoxy) is 2. The monoisotopic (exact) mass is 479 g/mol. The number of aliphatic hydroxyl groups is 1. The highest BCUT2D eigenvalue weighted by molar-refractivity contribution is 7.86. The maximum atomic E-state index is 12.5. The molecular formula is C23H29NO6S2. The van der Waals surface area contributed by atoms with Gasteiger partial charge in [-0.25, -0.2) is 4.98 Å². The number of aliphatic hydroxyl groups excluding tert-OH is 1. The number of rotatable bonds is 8. The lowest BCUT2D eigenvalue weighted by Gasteiger charge is -2.22. The molecule has 0 amide bonds. The second-order valence-corrected chi connectivity index (χ2v) is 11.4. The van der Waals surface area contributed by atoms with Gasteiger partial charge in [-0.15, -0.1) is 0 Å². The minimum atomic E-state index is -4.01. The Morgan fingerprint density at radius 1 is 1.12 bits per heavy atom. The zero-order chi connectivity index (χ0) is 23.7. The van der Waals surface area contributed by atoms with Crippen LogP contribution in [0.5, 0.6) is 10.9 Å². The number of thiazole rings is 1. The van der Waals surface area contributed by atoms with Crippen molar-refractivity contribution in [3.05, 3.63) is 47.5 Å². The lowest BCUT2D eigenvalue weighted by molar-refractivity contribution is 0.110. The van der Waals surface area contributed by atoms with Gasteiger partial charge in [0.05, 0.1) is 27.8 Å². The fourth-order valence-corrected chi connectivity index (χ4v) is 4.93. The van der Waals surface area contributed by atoms with Crippen LogP contribution in [0.2, 0.25) is 0 Å². The first kappa shape index (κ1) is 24.4. The summed E-state index contributed by atoms with van der Waals surface area (Å²) in [4.78, 5) is 4.54. The lowest BCUT2D eigenvalue weighted by Crippen LogP contribution is -2.23. The van der Waals surface area contributed by atoms with E-state index >= 15 is 0 Å². The summed E-state index contributed by atoms with van der Waals surface area (Å²) in [5.74, 6) is 0.516. The van der Waals surface area contributed by atoms with Crippen molar-refractivity contribution < 1.29 is 27.2 Å². The number of hydrogen-bond acceptors (Lipinski definition) is 8. The molecule has 0 aliphatic rings. The number of benzene rings is 2. The van der Waals surface area contributed by atoms with Gasteiger partial charge in [0.1, 0.15) is 17.5 Å². The fourth-order valence-electron chi connectivity index (χ4n) is 2.94. The van der Waals surface area contributed by atoms with E-state index in [0.717, 1.165) is 5.56 Å². The molecule has 1 N–H and O–H groups in total. The number of hydrogen-bond donors (Lipinski definition) is 1. The van der Waals surface area contributed by atoms with Gasteiger partial charge in [-0.05, 0) is 59.7 Å². The van der Waals surface area contributed by atoms with E-state index in [9.17, 15) is 13.5 Å². The van der Waals surface area contributed by atoms with Crippen LogP contribution < -0.4 is 9.47 Å². The summed E-state index contributed by atoms with van der Waals surface area (Å²) in [5.41, 5.74) is 1.54. The van der Waals surface area contributed by atoms with Crippen LogP contribution in [-0.4, -0.2) is 36.8 Å². The van der Waals surface area contributed by atoms with Gasteiger partial charge in [-0.2, -0.15) is 8.42 Å². The second kappa shape index (κ2) is 9.35. The minimum absolute atomic E-state index is 0.0377. The predicted octanol–water partition coefficient (Wildman–Crippen LogP) is 5.01. The van der Waals surface area contributed by atoms with Crippen LogP contribution in [0.1, 0.15) is 51.8 Å². The molecule has 0 fully saturated rings. The van der Waals surface area contributed by atoms with Gasteiger partial charge in [0.25, 0.3) is 15.3 Å². The van der Waals surface area contributed by atoms with E-state index in [-0.39, 0.29) is 11.0 Å². The van der Waals surface area contributed by atoms with Crippen LogP contribution in [0.15, 0.2) is 41.3 Å². The maximum absolute atomic E-state index is 12.5. The summed E-state index contributed by atoms with van der Waals surface area (Å²) >= 11 is 1.28. The summed E-state index contributed by atoms with van der Waals surface area (Å²) in [6.07, 6.45) is -1.27. The highest BCUT2D eigenvalue weighted by atomic mass is 32.2. The summed E-state index contributed by atoms with van der Waals surface area (Å²) in [6.45, 7) is 11.0. The first-order valence-electron chi connectivity index (χ1n) is 10.3. The van der Waals surface area contributed by atoms with Crippen LogP contribution >= 0.6 is 11.3 Å². The van der Waals surface area contributed by atoms with Crippen molar-refractivity contribution in [2.75, 3.05) is 6.61 Å². The number of aromatic nitrogens is 1. The Kier molecular flexibility index (Phi) is 7.14. The summed E-state index contributed by atoms with van der Waals surface area (Å²) in [7, 11) is -4.01. The van der Waals surface area contributed by atoms with Crippen molar-refractivity contribution in [3.63, 3.8) is 0 Å². The molecule has 1 atom stereocenters. The average Bonchev–Trinajstić information content (AvgIpc) is 3.06. The van der Waals surface area contributed by atoms with Crippen molar-refractivity contribution in [1.82, 2.24) is 4.98 Å². The Morgan fingerprint density at radius 3 is 2.38 bits per heavy atom. The zero-order valence-corrected chi connectivity index (χ0v) is 20.7. The number of aryl methyl sites for hydroxylation is 1. The molecule has 0 spiro atoms. The first-order chi connectivity index (χ1) is 14.8.